The first-order valence-electron chi connectivity index (χ1n) is 5.95. The van der Waals surface area contributed by atoms with Crippen molar-refractivity contribution in [3.05, 3.63) is 18.3 Å². The van der Waals surface area contributed by atoms with Crippen LogP contribution in [0.2, 0.25) is 0 Å². The second-order valence-corrected chi connectivity index (χ2v) is 5.92. The zero-order valence-electron chi connectivity index (χ0n) is 11.7. The molecule has 0 aliphatic rings. The van der Waals surface area contributed by atoms with Gasteiger partial charge in [0.15, 0.2) is 0 Å². The van der Waals surface area contributed by atoms with Gasteiger partial charge in [-0.05, 0) is 6.07 Å². The molecule has 3 N–H and O–H groups in total. The minimum Gasteiger partial charge on any atom is -0.373 e. The van der Waals surface area contributed by atoms with Crippen LogP contribution in [0, 0.1) is 0 Å². The number of hydrogen-bond acceptors (Lipinski definition) is 5. The van der Waals surface area contributed by atoms with Crippen LogP contribution in [0.3, 0.4) is 0 Å². The third-order valence-corrected chi connectivity index (χ3v) is 3.86. The van der Waals surface area contributed by atoms with Gasteiger partial charge in [-0.2, -0.15) is 0 Å². The molecule has 8 nitrogen and oxygen atoms in total. The van der Waals surface area contributed by atoms with Crippen LogP contribution in [0.4, 0.5) is 10.6 Å². The van der Waals surface area contributed by atoms with E-state index in [-0.39, 0.29) is 24.0 Å². The molecule has 2 amide bonds. The van der Waals surface area contributed by atoms with Crippen LogP contribution < -0.4 is 15.4 Å². The predicted octanol–water partition coefficient (Wildman–Crippen LogP) is -0.327. The molecule has 0 saturated carbocycles. The third kappa shape index (κ3) is 4.67. The van der Waals surface area contributed by atoms with Crippen LogP contribution in [0.15, 0.2) is 23.2 Å². The maximum absolute atomic E-state index is 12.0. The Labute approximate surface area is 118 Å². The maximum atomic E-state index is 12.0. The van der Waals surface area contributed by atoms with Crippen LogP contribution in [-0.4, -0.2) is 58.6 Å². The summed E-state index contributed by atoms with van der Waals surface area (Å²) in [5, 5.41) is 5.33. The van der Waals surface area contributed by atoms with E-state index in [1.54, 1.807) is 21.1 Å². The van der Waals surface area contributed by atoms with Gasteiger partial charge in [-0.25, -0.2) is 22.9 Å². The summed E-state index contributed by atoms with van der Waals surface area (Å²) in [6.07, 6.45) is 1.41. The molecule has 0 saturated heterocycles. The first kappa shape index (κ1) is 16.2. The molecule has 0 aliphatic carbocycles. The molecule has 0 unspecified atom stereocenters. The second kappa shape index (κ2) is 7.06. The summed E-state index contributed by atoms with van der Waals surface area (Å²) in [5.41, 5.74) is 0. The lowest BCUT2D eigenvalue weighted by molar-refractivity contribution is 0.217. The normalized spacial score (nSPS) is 10.9. The zero-order valence-corrected chi connectivity index (χ0v) is 12.5. The van der Waals surface area contributed by atoms with E-state index in [1.165, 1.54) is 23.2 Å². The Morgan fingerprint density at radius 2 is 2.05 bits per heavy atom. The highest BCUT2D eigenvalue weighted by molar-refractivity contribution is 7.89. The number of anilines is 1. The number of amides is 2. The fourth-order valence-corrected chi connectivity index (χ4v) is 2.36. The third-order valence-electron chi connectivity index (χ3n) is 2.40. The lowest BCUT2D eigenvalue weighted by atomic mass is 10.5. The van der Waals surface area contributed by atoms with E-state index in [0.29, 0.717) is 5.82 Å². The molecule has 1 rings (SSSR count). The van der Waals surface area contributed by atoms with E-state index in [9.17, 15) is 13.2 Å². The molecule has 9 heteroatoms. The molecule has 0 spiro atoms. The minimum atomic E-state index is -3.61. The second-order valence-electron chi connectivity index (χ2n) is 4.15. The lowest BCUT2D eigenvalue weighted by Gasteiger charge is -2.12. The van der Waals surface area contributed by atoms with E-state index in [2.05, 4.69) is 20.3 Å². The van der Waals surface area contributed by atoms with Crippen LogP contribution in [-0.2, 0) is 10.0 Å². The fourth-order valence-electron chi connectivity index (χ4n) is 1.31. The van der Waals surface area contributed by atoms with Crippen LogP contribution >= 0.6 is 0 Å². The predicted molar refractivity (Wildman–Crippen MR) is 76.1 cm³/mol. The molecule has 20 heavy (non-hydrogen) atoms. The molecule has 0 bridgehead atoms. The largest absolute Gasteiger partial charge is 0.373 e. The van der Waals surface area contributed by atoms with Crippen LogP contribution in [0.5, 0.6) is 0 Å². The highest BCUT2D eigenvalue weighted by atomic mass is 32.2. The molecule has 112 valence electrons. The lowest BCUT2D eigenvalue weighted by Crippen LogP contribution is -2.39. The highest BCUT2D eigenvalue weighted by Crippen LogP contribution is 2.11. The molecular weight excluding hydrogens is 282 g/mol. The fraction of sp³-hybridized carbons (Fsp3) is 0.455. The SMILES string of the molecule is CNc1cc(S(=O)(=O)NCCNC(=O)N(C)C)ccn1. The zero-order chi connectivity index (χ0) is 15.2. The Morgan fingerprint density at radius 1 is 1.35 bits per heavy atom. The van der Waals surface area contributed by atoms with Crippen molar-refractivity contribution >= 4 is 21.9 Å². The van der Waals surface area contributed by atoms with Crippen molar-refractivity contribution in [3.63, 3.8) is 0 Å². The Hall–Kier alpha value is -1.87. The maximum Gasteiger partial charge on any atom is 0.316 e. The van der Waals surface area contributed by atoms with E-state index in [4.69, 9.17) is 0 Å². The van der Waals surface area contributed by atoms with Gasteiger partial charge in [0.25, 0.3) is 0 Å². The number of rotatable bonds is 6. The molecule has 1 aromatic heterocycles. The van der Waals surface area contributed by atoms with E-state index in [1.807, 2.05) is 0 Å². The summed E-state index contributed by atoms with van der Waals surface area (Å²) < 4.78 is 26.4. The van der Waals surface area contributed by atoms with E-state index >= 15 is 0 Å². The number of nitrogens with zero attached hydrogens (tertiary/aromatic N) is 2. The molecule has 0 aliphatic heterocycles. The number of sulfonamides is 1. The summed E-state index contributed by atoms with van der Waals surface area (Å²) in [6.45, 7) is 0.319. The van der Waals surface area contributed by atoms with Crippen molar-refractivity contribution in [2.24, 2.45) is 0 Å². The summed E-state index contributed by atoms with van der Waals surface area (Å²) >= 11 is 0. The van der Waals surface area contributed by atoms with Gasteiger partial charge in [-0.15, -0.1) is 0 Å². The van der Waals surface area contributed by atoms with Gasteiger partial charge < -0.3 is 15.5 Å². The Kier molecular flexibility index (Phi) is 5.71. The molecule has 1 aromatic rings. The Morgan fingerprint density at radius 3 is 2.65 bits per heavy atom. The van der Waals surface area contributed by atoms with Gasteiger partial charge in [0.2, 0.25) is 10.0 Å². The Balaban J connectivity index is 2.55. The smallest absolute Gasteiger partial charge is 0.316 e. The van der Waals surface area contributed by atoms with Crippen molar-refractivity contribution < 1.29 is 13.2 Å². The molecule has 0 radical (unpaired) electrons. The minimum absolute atomic E-state index is 0.110. The quantitative estimate of drug-likeness (QED) is 0.624. The van der Waals surface area contributed by atoms with Crippen molar-refractivity contribution in [3.8, 4) is 0 Å². The Bertz CT molecular complexity index is 559. The highest BCUT2D eigenvalue weighted by Gasteiger charge is 2.14. The number of aromatic nitrogens is 1. The van der Waals surface area contributed by atoms with E-state index in [0.717, 1.165) is 0 Å². The molecule has 0 fully saturated rings. The van der Waals surface area contributed by atoms with Gasteiger partial charge in [0.05, 0.1) is 4.90 Å². The molecule has 1 heterocycles. The summed E-state index contributed by atoms with van der Waals surface area (Å²) in [7, 11) is 1.26. The number of carbonyl (C=O) groups excluding carboxylic acids is 1. The summed E-state index contributed by atoms with van der Waals surface area (Å²) in [6, 6.07) is 2.56. The van der Waals surface area contributed by atoms with Crippen LogP contribution in [0.1, 0.15) is 0 Å². The number of urea groups is 1. The van der Waals surface area contributed by atoms with Crippen molar-refractivity contribution in [2.75, 3.05) is 39.5 Å². The molecule has 0 atom stereocenters. The molecule has 0 aromatic carbocycles. The number of carbonyl (C=O) groups is 1. The first-order valence-corrected chi connectivity index (χ1v) is 7.44. The number of hydrogen-bond donors (Lipinski definition) is 3. The average Bonchev–Trinajstić information content (AvgIpc) is 2.43. The first-order chi connectivity index (χ1) is 9.36. The standard InChI is InChI=1S/C11H19N5O3S/c1-12-10-8-9(4-5-13-10)20(18,19)15-7-6-14-11(17)16(2)3/h4-5,8,15H,6-7H2,1-3H3,(H,12,13)(H,14,17). The average molecular weight is 301 g/mol. The summed E-state index contributed by atoms with van der Waals surface area (Å²) in [5.74, 6) is 0.466. The van der Waals surface area contributed by atoms with Crippen LogP contribution in [0.25, 0.3) is 0 Å². The monoisotopic (exact) mass is 301 g/mol. The van der Waals surface area contributed by atoms with Crippen molar-refractivity contribution in [1.82, 2.24) is 19.9 Å². The topological polar surface area (TPSA) is 103 Å². The number of nitrogens with one attached hydrogen (secondary N) is 3. The van der Waals surface area contributed by atoms with Gasteiger partial charge in [-0.1, -0.05) is 0 Å². The van der Waals surface area contributed by atoms with Gasteiger partial charge in [0, 0.05) is 46.5 Å². The van der Waals surface area contributed by atoms with Gasteiger partial charge in [-0.3, -0.25) is 0 Å². The summed E-state index contributed by atoms with van der Waals surface area (Å²) in [4.78, 5) is 16.7. The number of pyridine rings is 1. The van der Waals surface area contributed by atoms with E-state index < -0.39 is 10.0 Å². The molecular formula is C11H19N5O3S. The van der Waals surface area contributed by atoms with Crippen molar-refractivity contribution in [2.45, 2.75) is 4.90 Å². The van der Waals surface area contributed by atoms with Crippen molar-refractivity contribution in [1.29, 1.82) is 0 Å². The van der Waals surface area contributed by atoms with Gasteiger partial charge >= 0.3 is 6.03 Å². The van der Waals surface area contributed by atoms with Gasteiger partial charge in [0.1, 0.15) is 5.82 Å².